The van der Waals surface area contributed by atoms with Crippen molar-refractivity contribution in [2.75, 3.05) is 38.2 Å². The van der Waals surface area contributed by atoms with Crippen molar-refractivity contribution in [3.63, 3.8) is 0 Å². The molecular weight excluding hydrogens is 492 g/mol. The summed E-state index contributed by atoms with van der Waals surface area (Å²) in [5.74, 6) is -1.63. The number of nitrogens with zero attached hydrogens (tertiary/aromatic N) is 4. The van der Waals surface area contributed by atoms with Crippen molar-refractivity contribution in [1.29, 1.82) is 0 Å². The van der Waals surface area contributed by atoms with Crippen LogP contribution in [-0.2, 0) is 19.2 Å². The number of oxime groups is 1. The van der Waals surface area contributed by atoms with Crippen molar-refractivity contribution in [3.8, 4) is 0 Å². The summed E-state index contributed by atoms with van der Waals surface area (Å²) >= 11 is 2.65. The molecule has 11 nitrogen and oxygen atoms in total. The molecule has 35 heavy (non-hydrogen) atoms. The molecule has 4 N–H and O–H groups in total. The molecule has 4 atom stereocenters. The van der Waals surface area contributed by atoms with Crippen LogP contribution in [0.25, 0.3) is 0 Å². The fourth-order valence-corrected chi connectivity index (χ4v) is 7.87. The summed E-state index contributed by atoms with van der Waals surface area (Å²) in [7, 11) is 1.31. The van der Waals surface area contributed by atoms with Crippen molar-refractivity contribution < 1.29 is 28.8 Å². The van der Waals surface area contributed by atoms with E-state index in [1.165, 1.54) is 49.5 Å². The lowest BCUT2D eigenvalue weighted by molar-refractivity contribution is -0.939. The highest BCUT2D eigenvalue weighted by Crippen LogP contribution is 2.43. The van der Waals surface area contributed by atoms with E-state index in [0.29, 0.717) is 18.3 Å². The number of rotatable bonds is 7. The Morgan fingerprint density at radius 3 is 2.83 bits per heavy atom. The lowest BCUT2D eigenvalue weighted by Crippen LogP contribution is -2.71. The first-order chi connectivity index (χ1) is 16.8. The first-order valence-corrected chi connectivity index (χ1v) is 13.7. The van der Waals surface area contributed by atoms with E-state index in [1.54, 1.807) is 5.38 Å². The minimum atomic E-state index is -1.09. The number of hydrogen-bond acceptors (Lipinski definition) is 9. The van der Waals surface area contributed by atoms with Crippen molar-refractivity contribution in [2.45, 2.75) is 49.6 Å². The topological polar surface area (TPSA) is 147 Å². The fourth-order valence-electron chi connectivity index (χ4n) is 5.99. The quantitative estimate of drug-likeness (QED) is 0.208. The summed E-state index contributed by atoms with van der Waals surface area (Å²) in [5.41, 5.74) is 6.74. The molecule has 188 valence electrons. The van der Waals surface area contributed by atoms with E-state index in [-0.39, 0.29) is 22.2 Å². The van der Waals surface area contributed by atoms with Gasteiger partial charge in [0.15, 0.2) is 10.8 Å². The fraction of sp³-hybridized carbons (Fsp3) is 0.591. The maximum absolute atomic E-state index is 13.1. The van der Waals surface area contributed by atoms with Crippen LogP contribution in [0.15, 0.2) is 21.8 Å². The van der Waals surface area contributed by atoms with Crippen LogP contribution in [0.3, 0.4) is 0 Å². The number of amides is 2. The molecule has 2 unspecified atom stereocenters. The number of carboxylic acids is 1. The molecule has 0 aromatic carbocycles. The number of β-lactam (4-membered cyclic amide) rings is 1. The second-order valence-electron chi connectivity index (χ2n) is 9.43. The number of hydrogen-bond donors (Lipinski definition) is 3. The standard InChI is InChI=1S/C22H28N6O5S2/c1-33-26-15(14-11-35-22(23)24-14)18(29)25-16-19(30)27-17(21(31)32)12(10-34-20(16)27)9-28-7-3-2-5-13(28)6-4-8-28/h11,13,16,20H,2-10H2,1H3,(H3-,23,24,25,29,31,32)/p+1/b26-15-/t13?,16-,20-,28?/m1/s1. The third kappa shape index (κ3) is 4.19. The summed E-state index contributed by atoms with van der Waals surface area (Å²) < 4.78 is 0.952. The van der Waals surface area contributed by atoms with Gasteiger partial charge in [-0.3, -0.25) is 14.5 Å². The third-order valence-electron chi connectivity index (χ3n) is 7.51. The summed E-state index contributed by atoms with van der Waals surface area (Å²) in [4.78, 5) is 48.6. The van der Waals surface area contributed by atoms with Gasteiger partial charge in [0, 0.05) is 29.5 Å². The van der Waals surface area contributed by atoms with Crippen LogP contribution in [0.1, 0.15) is 37.8 Å². The average molecular weight is 522 g/mol. The summed E-state index contributed by atoms with van der Waals surface area (Å²) in [6.45, 7) is 2.83. The van der Waals surface area contributed by atoms with Gasteiger partial charge in [-0.15, -0.1) is 23.1 Å². The molecule has 1 aromatic heterocycles. The SMILES string of the molecule is CO/N=C(\C(=O)N[C@@H]1C(=O)N2C(C(=O)O)=C(C[N+]34CCCCC3CCC4)CS[C@H]12)c1csc(N)n1. The Bertz CT molecular complexity index is 1120. The van der Waals surface area contributed by atoms with E-state index < -0.39 is 29.2 Å². The molecule has 3 fully saturated rings. The van der Waals surface area contributed by atoms with Crippen molar-refractivity contribution >= 4 is 51.7 Å². The number of anilines is 1. The predicted octanol–water partition coefficient (Wildman–Crippen LogP) is 0.978. The van der Waals surface area contributed by atoms with Gasteiger partial charge in [0.25, 0.3) is 11.8 Å². The number of nitrogens with two attached hydrogens (primary N) is 1. The first-order valence-electron chi connectivity index (χ1n) is 11.7. The number of nitrogens with one attached hydrogen (secondary N) is 1. The molecule has 4 aliphatic heterocycles. The smallest absolute Gasteiger partial charge is 0.352 e. The Morgan fingerprint density at radius 2 is 2.11 bits per heavy atom. The summed E-state index contributed by atoms with van der Waals surface area (Å²) in [5, 5.41) is 17.9. The van der Waals surface area contributed by atoms with Gasteiger partial charge in [-0.05, 0) is 19.3 Å². The first kappa shape index (κ1) is 24.1. The molecule has 13 heteroatoms. The Hall–Kier alpha value is -2.64. The van der Waals surface area contributed by atoms with Gasteiger partial charge in [-0.1, -0.05) is 5.16 Å². The Kier molecular flexibility index (Phi) is 6.49. The van der Waals surface area contributed by atoms with Crippen LogP contribution >= 0.6 is 23.1 Å². The van der Waals surface area contributed by atoms with Crippen LogP contribution in [0.2, 0.25) is 0 Å². The van der Waals surface area contributed by atoms with E-state index in [0.717, 1.165) is 40.9 Å². The molecule has 1 aromatic rings. The second kappa shape index (κ2) is 9.43. The van der Waals surface area contributed by atoms with Gasteiger partial charge in [0.1, 0.15) is 36.5 Å². The highest BCUT2D eigenvalue weighted by atomic mass is 32.2. The maximum Gasteiger partial charge on any atom is 0.352 e. The van der Waals surface area contributed by atoms with Crippen LogP contribution in [0, 0.1) is 0 Å². The molecule has 4 aliphatic rings. The molecule has 0 spiro atoms. The Balaban J connectivity index is 1.35. The van der Waals surface area contributed by atoms with E-state index in [1.807, 2.05) is 0 Å². The number of nitrogen functional groups attached to an aromatic ring is 1. The number of carbonyl (C=O) groups excluding carboxylic acids is 2. The number of thioether (sulfide) groups is 1. The number of fused-ring (bicyclic) bond motifs is 2. The number of aliphatic carboxylic acids is 1. The molecule has 5 heterocycles. The predicted molar refractivity (Wildman–Crippen MR) is 131 cm³/mol. The minimum Gasteiger partial charge on any atom is -0.477 e. The number of aromatic nitrogens is 1. The maximum atomic E-state index is 13.1. The largest absolute Gasteiger partial charge is 0.477 e. The van der Waals surface area contributed by atoms with E-state index in [4.69, 9.17) is 10.6 Å². The van der Waals surface area contributed by atoms with E-state index in [2.05, 4.69) is 15.5 Å². The molecule has 0 radical (unpaired) electrons. The number of piperidine rings is 1. The van der Waals surface area contributed by atoms with Gasteiger partial charge >= 0.3 is 5.97 Å². The Labute approximate surface area is 210 Å². The lowest BCUT2D eigenvalue weighted by Gasteiger charge is -2.51. The van der Waals surface area contributed by atoms with Crippen LogP contribution < -0.4 is 11.1 Å². The molecule has 0 saturated carbocycles. The zero-order valence-corrected chi connectivity index (χ0v) is 21.1. The van der Waals surface area contributed by atoms with Gasteiger partial charge in [-0.25, -0.2) is 9.78 Å². The van der Waals surface area contributed by atoms with Gasteiger partial charge in [0.05, 0.1) is 19.1 Å². The third-order valence-corrected chi connectivity index (χ3v) is 9.52. The number of quaternary nitrogens is 1. The monoisotopic (exact) mass is 521 g/mol. The summed E-state index contributed by atoms with van der Waals surface area (Å²) in [6.07, 6.45) is 5.95. The van der Waals surface area contributed by atoms with Crippen molar-refractivity contribution in [1.82, 2.24) is 15.2 Å². The van der Waals surface area contributed by atoms with Crippen molar-refractivity contribution in [2.24, 2.45) is 5.16 Å². The number of carboxylic acid groups (broad SMARTS) is 1. The molecule has 5 rings (SSSR count). The highest BCUT2D eigenvalue weighted by molar-refractivity contribution is 8.00. The minimum absolute atomic E-state index is 0.0889. The van der Waals surface area contributed by atoms with Crippen LogP contribution in [0.4, 0.5) is 5.13 Å². The van der Waals surface area contributed by atoms with Gasteiger partial charge < -0.3 is 25.5 Å². The molecule has 0 aliphatic carbocycles. The molecule has 2 amide bonds. The number of carbonyl (C=O) groups is 3. The normalized spacial score (nSPS) is 30.4. The highest BCUT2D eigenvalue weighted by Gasteiger charge is 2.56. The second-order valence-corrected chi connectivity index (χ2v) is 11.4. The zero-order chi connectivity index (χ0) is 24.7. The molecule has 0 bridgehead atoms. The summed E-state index contributed by atoms with van der Waals surface area (Å²) in [6, 6.07) is -0.269. The van der Waals surface area contributed by atoms with Crippen LogP contribution in [0.5, 0.6) is 0 Å². The molecule has 3 saturated heterocycles. The zero-order valence-electron chi connectivity index (χ0n) is 19.4. The van der Waals surface area contributed by atoms with E-state index in [9.17, 15) is 19.5 Å². The average Bonchev–Trinajstić information content (AvgIpc) is 3.46. The number of thiazole rings is 1. The Morgan fingerprint density at radius 1 is 1.34 bits per heavy atom. The van der Waals surface area contributed by atoms with Gasteiger partial charge in [0.2, 0.25) is 0 Å². The lowest BCUT2D eigenvalue weighted by atomic mass is 9.97. The van der Waals surface area contributed by atoms with Crippen LogP contribution in [-0.4, -0.2) is 92.9 Å². The van der Waals surface area contributed by atoms with Gasteiger partial charge in [-0.2, -0.15) is 0 Å². The molecular formula is C22H29N6O5S2+. The van der Waals surface area contributed by atoms with E-state index >= 15 is 0 Å². The van der Waals surface area contributed by atoms with Crippen molar-refractivity contribution in [3.05, 3.63) is 22.3 Å².